The number of hydrogen-bond acceptors (Lipinski definition) is 4. The fourth-order valence-corrected chi connectivity index (χ4v) is 3.71. The van der Waals surface area contributed by atoms with Gasteiger partial charge in [0.05, 0.1) is 5.69 Å². The van der Waals surface area contributed by atoms with E-state index >= 15 is 0 Å². The predicted molar refractivity (Wildman–Crippen MR) is 87.7 cm³/mol. The number of rotatable bonds is 4. The molecule has 0 spiro atoms. The molecule has 0 fully saturated rings. The van der Waals surface area contributed by atoms with E-state index in [4.69, 9.17) is 0 Å². The van der Waals surface area contributed by atoms with Crippen molar-refractivity contribution in [2.24, 2.45) is 0 Å². The summed E-state index contributed by atoms with van der Waals surface area (Å²) in [6.45, 7) is 1.97. The molecule has 3 rings (SSSR count). The van der Waals surface area contributed by atoms with Gasteiger partial charge in [0.1, 0.15) is 15.7 Å². The van der Waals surface area contributed by atoms with Crippen molar-refractivity contribution < 1.29 is 9.18 Å². The highest BCUT2D eigenvalue weighted by Crippen LogP contribution is 2.29. The number of benzene rings is 1. The zero-order valence-electron chi connectivity index (χ0n) is 11.8. The summed E-state index contributed by atoms with van der Waals surface area (Å²) in [7, 11) is 0. The monoisotopic (exact) mass is 332 g/mol. The average molecular weight is 332 g/mol. The Bertz CT molecular complexity index is 796. The first kappa shape index (κ1) is 14.9. The first-order valence-corrected chi connectivity index (χ1v) is 8.42. The highest BCUT2D eigenvalue weighted by Gasteiger charge is 2.16. The molecule has 0 aliphatic carbocycles. The summed E-state index contributed by atoms with van der Waals surface area (Å²) in [6.07, 6.45) is 0. The van der Waals surface area contributed by atoms with Gasteiger partial charge in [-0.3, -0.25) is 4.79 Å². The Kier molecular flexibility index (Phi) is 4.31. The van der Waals surface area contributed by atoms with E-state index in [1.165, 1.54) is 17.4 Å². The molecular formula is C16H13FN2OS2. The summed E-state index contributed by atoms with van der Waals surface area (Å²) < 4.78 is 13.6. The number of hydrogen-bond donors (Lipinski definition) is 1. The third kappa shape index (κ3) is 3.08. The van der Waals surface area contributed by atoms with Gasteiger partial charge in [-0.25, -0.2) is 9.37 Å². The number of thiophene rings is 1. The molecule has 0 saturated heterocycles. The van der Waals surface area contributed by atoms with Crippen molar-refractivity contribution >= 4 is 28.6 Å². The molecule has 2 heterocycles. The first-order chi connectivity index (χ1) is 10.6. The molecule has 0 atom stereocenters. The minimum Gasteiger partial charge on any atom is -0.347 e. The summed E-state index contributed by atoms with van der Waals surface area (Å²) in [6, 6.07) is 8.39. The van der Waals surface area contributed by atoms with Gasteiger partial charge in [-0.05, 0) is 24.4 Å². The van der Waals surface area contributed by atoms with Gasteiger partial charge in [-0.1, -0.05) is 18.2 Å². The second-order valence-electron chi connectivity index (χ2n) is 4.72. The van der Waals surface area contributed by atoms with Crippen molar-refractivity contribution in [1.82, 2.24) is 10.3 Å². The van der Waals surface area contributed by atoms with E-state index in [2.05, 4.69) is 10.3 Å². The van der Waals surface area contributed by atoms with E-state index in [0.717, 1.165) is 10.6 Å². The Balaban J connectivity index is 1.74. The molecule has 3 aromatic rings. The van der Waals surface area contributed by atoms with E-state index < -0.39 is 0 Å². The minimum absolute atomic E-state index is 0.163. The Morgan fingerprint density at radius 3 is 2.86 bits per heavy atom. The Morgan fingerprint density at radius 2 is 2.14 bits per heavy atom. The van der Waals surface area contributed by atoms with Gasteiger partial charge in [0.15, 0.2) is 0 Å². The van der Waals surface area contributed by atoms with Gasteiger partial charge >= 0.3 is 0 Å². The maximum atomic E-state index is 13.6. The number of carbonyl (C=O) groups excluding carboxylic acids is 1. The lowest BCUT2D eigenvalue weighted by Gasteiger charge is -2.05. The normalized spacial score (nSPS) is 10.6. The average Bonchev–Trinajstić information content (AvgIpc) is 3.15. The van der Waals surface area contributed by atoms with Crippen molar-refractivity contribution in [3.05, 3.63) is 63.0 Å². The van der Waals surface area contributed by atoms with Crippen LogP contribution in [-0.4, -0.2) is 10.9 Å². The maximum Gasteiger partial charge on any atom is 0.263 e. The Hall–Kier alpha value is -2.05. The van der Waals surface area contributed by atoms with Crippen molar-refractivity contribution in [2.75, 3.05) is 0 Å². The predicted octanol–water partition coefficient (Wildman–Crippen LogP) is 4.25. The number of aromatic nitrogens is 1. The zero-order chi connectivity index (χ0) is 15.5. The third-order valence-electron chi connectivity index (χ3n) is 3.17. The standard InChI is InChI=1S/C16H13FN2OS2/c1-10-14(22-16(19-10)12-6-7-21-9-12)15(20)18-8-11-4-2-3-5-13(11)17/h2-7,9H,8H2,1H3,(H,18,20). The van der Waals surface area contributed by atoms with Crippen LogP contribution in [-0.2, 0) is 6.54 Å². The van der Waals surface area contributed by atoms with Crippen LogP contribution in [0, 0.1) is 12.7 Å². The van der Waals surface area contributed by atoms with E-state index in [0.29, 0.717) is 16.1 Å². The fourth-order valence-electron chi connectivity index (χ4n) is 2.01. The molecule has 0 aliphatic heterocycles. The summed E-state index contributed by atoms with van der Waals surface area (Å²) in [5, 5.41) is 7.55. The highest BCUT2D eigenvalue weighted by atomic mass is 32.1. The van der Waals surface area contributed by atoms with Crippen molar-refractivity contribution in [3.63, 3.8) is 0 Å². The Labute approximate surface area is 135 Å². The van der Waals surface area contributed by atoms with Crippen LogP contribution in [0.25, 0.3) is 10.6 Å². The van der Waals surface area contributed by atoms with E-state index in [9.17, 15) is 9.18 Å². The van der Waals surface area contributed by atoms with Crippen molar-refractivity contribution in [1.29, 1.82) is 0 Å². The number of carbonyl (C=O) groups is 1. The van der Waals surface area contributed by atoms with Crippen molar-refractivity contribution in [2.45, 2.75) is 13.5 Å². The zero-order valence-corrected chi connectivity index (χ0v) is 13.4. The molecule has 0 radical (unpaired) electrons. The molecule has 22 heavy (non-hydrogen) atoms. The summed E-state index contributed by atoms with van der Waals surface area (Å²) in [5.74, 6) is -0.539. The largest absolute Gasteiger partial charge is 0.347 e. The number of nitrogens with one attached hydrogen (secondary N) is 1. The van der Waals surface area contributed by atoms with Crippen LogP contribution in [0.1, 0.15) is 20.9 Å². The van der Waals surface area contributed by atoms with Crippen molar-refractivity contribution in [3.8, 4) is 10.6 Å². The van der Waals surface area contributed by atoms with Gasteiger partial charge in [0.25, 0.3) is 5.91 Å². The third-order valence-corrected chi connectivity index (χ3v) is 5.06. The molecule has 112 valence electrons. The molecule has 6 heteroatoms. The van der Waals surface area contributed by atoms with Crippen LogP contribution in [0.4, 0.5) is 4.39 Å². The maximum absolute atomic E-state index is 13.6. The topological polar surface area (TPSA) is 42.0 Å². The van der Waals surface area contributed by atoms with Gasteiger partial charge in [-0.15, -0.1) is 11.3 Å². The lowest BCUT2D eigenvalue weighted by molar-refractivity contribution is 0.0954. The van der Waals surface area contributed by atoms with Crippen LogP contribution in [0.5, 0.6) is 0 Å². The number of thiazole rings is 1. The number of halogens is 1. The molecule has 0 bridgehead atoms. The van der Waals surface area contributed by atoms with Gasteiger partial charge in [0, 0.05) is 23.1 Å². The molecule has 0 unspecified atom stereocenters. The number of amides is 1. The van der Waals surface area contributed by atoms with Crippen LogP contribution in [0.3, 0.4) is 0 Å². The lowest BCUT2D eigenvalue weighted by atomic mass is 10.2. The van der Waals surface area contributed by atoms with E-state index in [-0.39, 0.29) is 18.3 Å². The van der Waals surface area contributed by atoms with Gasteiger partial charge in [0.2, 0.25) is 0 Å². The first-order valence-electron chi connectivity index (χ1n) is 6.67. The van der Waals surface area contributed by atoms with Crippen LogP contribution >= 0.6 is 22.7 Å². The smallest absolute Gasteiger partial charge is 0.263 e. The van der Waals surface area contributed by atoms with Crippen LogP contribution in [0.2, 0.25) is 0 Å². The molecule has 0 aliphatic rings. The number of aryl methyl sites for hydroxylation is 1. The molecule has 1 aromatic carbocycles. The molecule has 3 nitrogen and oxygen atoms in total. The molecule has 1 N–H and O–H groups in total. The van der Waals surface area contributed by atoms with Gasteiger partial charge < -0.3 is 5.32 Å². The summed E-state index contributed by atoms with van der Waals surface area (Å²) in [5.41, 5.74) is 2.18. The molecule has 0 saturated carbocycles. The van der Waals surface area contributed by atoms with Gasteiger partial charge in [-0.2, -0.15) is 11.3 Å². The lowest BCUT2D eigenvalue weighted by Crippen LogP contribution is -2.23. The fraction of sp³-hybridized carbons (Fsp3) is 0.125. The van der Waals surface area contributed by atoms with Crippen LogP contribution in [0.15, 0.2) is 41.1 Å². The number of nitrogens with zero attached hydrogens (tertiary/aromatic N) is 1. The van der Waals surface area contributed by atoms with E-state index in [1.807, 2.05) is 23.8 Å². The molecular weight excluding hydrogens is 319 g/mol. The molecule has 2 aromatic heterocycles. The second kappa shape index (κ2) is 6.37. The SMILES string of the molecule is Cc1nc(-c2ccsc2)sc1C(=O)NCc1ccccc1F. The second-order valence-corrected chi connectivity index (χ2v) is 6.50. The van der Waals surface area contributed by atoms with E-state index in [1.54, 1.807) is 29.5 Å². The summed E-state index contributed by atoms with van der Waals surface area (Å²) in [4.78, 5) is 17.3. The Morgan fingerprint density at radius 1 is 1.32 bits per heavy atom. The summed E-state index contributed by atoms with van der Waals surface area (Å²) >= 11 is 2.95. The highest BCUT2D eigenvalue weighted by molar-refractivity contribution is 7.17. The van der Waals surface area contributed by atoms with Crippen LogP contribution < -0.4 is 5.32 Å². The molecule has 1 amide bonds. The minimum atomic E-state index is -0.317. The quantitative estimate of drug-likeness (QED) is 0.776.